The molecule has 0 aliphatic rings. The molecule has 110 valence electrons. The number of carbonyl (C=O) groups is 2. The summed E-state index contributed by atoms with van der Waals surface area (Å²) in [5.74, 6) is -1.42. The van der Waals surface area contributed by atoms with E-state index in [2.05, 4.69) is 14.7 Å². The molecule has 2 rings (SSSR count). The van der Waals surface area contributed by atoms with Crippen LogP contribution >= 0.6 is 23.1 Å². The second kappa shape index (κ2) is 6.23. The van der Waals surface area contributed by atoms with Gasteiger partial charge in [-0.25, -0.2) is 19.6 Å². The van der Waals surface area contributed by atoms with E-state index in [0.29, 0.717) is 26.3 Å². The zero-order valence-corrected chi connectivity index (χ0v) is 13.2. The Morgan fingerprint density at radius 1 is 1.24 bits per heavy atom. The smallest absolute Gasteiger partial charge is 0.347 e. The minimum Gasteiger partial charge on any atom is -0.477 e. The van der Waals surface area contributed by atoms with E-state index in [1.807, 2.05) is 0 Å². The Morgan fingerprint density at radius 3 is 2.48 bits per heavy atom. The quantitative estimate of drug-likeness (QED) is 0.865. The van der Waals surface area contributed by atoms with Crippen molar-refractivity contribution in [1.82, 2.24) is 9.97 Å². The van der Waals surface area contributed by atoms with Crippen molar-refractivity contribution in [2.24, 2.45) is 0 Å². The first-order valence-corrected chi connectivity index (χ1v) is 7.50. The second-order valence-electron chi connectivity index (χ2n) is 4.08. The van der Waals surface area contributed by atoms with Crippen molar-refractivity contribution in [2.45, 2.75) is 23.2 Å². The van der Waals surface area contributed by atoms with Gasteiger partial charge in [-0.05, 0) is 37.7 Å². The number of esters is 1. The summed E-state index contributed by atoms with van der Waals surface area (Å²) in [6, 6.07) is 3.32. The number of ether oxygens (including phenoxy) is 1. The monoisotopic (exact) mass is 324 g/mol. The average Bonchev–Trinajstić information content (AvgIpc) is 2.79. The van der Waals surface area contributed by atoms with E-state index in [-0.39, 0.29) is 4.88 Å². The first kappa shape index (κ1) is 15.5. The lowest BCUT2D eigenvalue weighted by atomic mass is 10.2. The van der Waals surface area contributed by atoms with Crippen LogP contribution in [0.5, 0.6) is 0 Å². The third kappa shape index (κ3) is 3.40. The van der Waals surface area contributed by atoms with Crippen LogP contribution in [0.2, 0.25) is 0 Å². The summed E-state index contributed by atoms with van der Waals surface area (Å²) in [4.78, 5) is 31.2. The fourth-order valence-electron chi connectivity index (χ4n) is 1.62. The van der Waals surface area contributed by atoms with Crippen LogP contribution in [-0.2, 0) is 4.74 Å². The summed E-state index contributed by atoms with van der Waals surface area (Å²) in [5, 5.41) is 9.65. The number of hydrogen-bond acceptors (Lipinski definition) is 7. The Labute approximate surface area is 129 Å². The van der Waals surface area contributed by atoms with Crippen molar-refractivity contribution in [2.75, 3.05) is 7.11 Å². The first-order chi connectivity index (χ1) is 9.92. The Hall–Kier alpha value is -1.93. The highest BCUT2D eigenvalue weighted by atomic mass is 32.2. The number of methoxy groups -OCH3 is 1. The lowest BCUT2D eigenvalue weighted by Crippen LogP contribution is -2.05. The Bertz CT molecular complexity index is 712. The molecule has 2 aromatic heterocycles. The minimum absolute atomic E-state index is 0.223. The van der Waals surface area contributed by atoms with E-state index in [1.54, 1.807) is 26.0 Å². The first-order valence-electron chi connectivity index (χ1n) is 5.87. The number of hydrogen-bond donors (Lipinski definition) is 1. The molecule has 0 amide bonds. The second-order valence-corrected chi connectivity index (χ2v) is 6.34. The molecule has 0 atom stereocenters. The highest BCUT2D eigenvalue weighted by Crippen LogP contribution is 2.32. The maximum Gasteiger partial charge on any atom is 0.347 e. The standard InChI is InChI=1S/C13H12N2O4S2/c1-6-8(12(18)19-3)4-5-9(14-6)20-13-15-7(2)10(21-13)11(16)17/h4-5H,1-3H3,(H,16,17). The van der Waals surface area contributed by atoms with E-state index in [0.717, 1.165) is 11.3 Å². The third-order valence-corrected chi connectivity index (χ3v) is 4.77. The maximum atomic E-state index is 11.5. The van der Waals surface area contributed by atoms with Gasteiger partial charge in [-0.15, -0.1) is 0 Å². The van der Waals surface area contributed by atoms with Gasteiger partial charge in [0.2, 0.25) is 0 Å². The van der Waals surface area contributed by atoms with Crippen molar-refractivity contribution < 1.29 is 19.4 Å². The summed E-state index contributed by atoms with van der Waals surface area (Å²) in [7, 11) is 1.32. The number of carboxylic acid groups (broad SMARTS) is 1. The molecule has 0 saturated heterocycles. The molecule has 0 aliphatic heterocycles. The maximum absolute atomic E-state index is 11.5. The van der Waals surface area contributed by atoms with Gasteiger partial charge >= 0.3 is 11.9 Å². The van der Waals surface area contributed by atoms with Gasteiger partial charge in [0.15, 0.2) is 4.34 Å². The summed E-state index contributed by atoms with van der Waals surface area (Å²) in [5.41, 5.74) is 1.44. The van der Waals surface area contributed by atoms with E-state index in [4.69, 9.17) is 5.11 Å². The van der Waals surface area contributed by atoms with Crippen molar-refractivity contribution in [1.29, 1.82) is 0 Å². The molecule has 0 fully saturated rings. The average molecular weight is 324 g/mol. The normalized spacial score (nSPS) is 10.4. The number of aromatic carboxylic acids is 1. The summed E-state index contributed by atoms with van der Waals surface area (Å²) in [6.07, 6.45) is 0. The number of nitrogens with zero attached hydrogens (tertiary/aromatic N) is 2. The highest BCUT2D eigenvalue weighted by molar-refractivity contribution is 8.01. The van der Waals surface area contributed by atoms with Crippen LogP contribution in [0, 0.1) is 13.8 Å². The number of carbonyl (C=O) groups excluding carboxylic acids is 1. The zero-order valence-electron chi connectivity index (χ0n) is 11.5. The van der Waals surface area contributed by atoms with Crippen LogP contribution in [-0.4, -0.2) is 34.1 Å². The highest BCUT2D eigenvalue weighted by Gasteiger charge is 2.16. The van der Waals surface area contributed by atoms with Gasteiger partial charge in [0.25, 0.3) is 0 Å². The fraction of sp³-hybridized carbons (Fsp3) is 0.231. The molecular formula is C13H12N2O4S2. The number of aromatic nitrogens is 2. The number of pyridine rings is 1. The van der Waals surface area contributed by atoms with Crippen molar-refractivity contribution in [3.05, 3.63) is 34.0 Å². The molecule has 21 heavy (non-hydrogen) atoms. The van der Waals surface area contributed by atoms with Gasteiger partial charge in [-0.2, -0.15) is 0 Å². The van der Waals surface area contributed by atoms with Gasteiger partial charge in [0.05, 0.1) is 24.1 Å². The molecule has 0 aliphatic carbocycles. The Kier molecular flexibility index (Phi) is 4.59. The largest absolute Gasteiger partial charge is 0.477 e. The molecular weight excluding hydrogens is 312 g/mol. The molecule has 0 bridgehead atoms. The van der Waals surface area contributed by atoms with Crippen LogP contribution < -0.4 is 0 Å². The topological polar surface area (TPSA) is 89.4 Å². The van der Waals surface area contributed by atoms with Crippen LogP contribution in [0.15, 0.2) is 21.5 Å². The summed E-state index contributed by atoms with van der Waals surface area (Å²) < 4.78 is 5.26. The van der Waals surface area contributed by atoms with E-state index < -0.39 is 11.9 Å². The number of thiazole rings is 1. The predicted octanol–water partition coefficient (Wildman–Crippen LogP) is 2.79. The number of rotatable bonds is 4. The zero-order chi connectivity index (χ0) is 15.6. The summed E-state index contributed by atoms with van der Waals surface area (Å²) >= 11 is 2.37. The van der Waals surface area contributed by atoms with Gasteiger partial charge in [-0.3, -0.25) is 0 Å². The SMILES string of the molecule is COC(=O)c1ccc(Sc2nc(C)c(C(=O)O)s2)nc1C. The molecule has 0 aromatic carbocycles. The predicted molar refractivity (Wildman–Crippen MR) is 78.2 cm³/mol. The van der Waals surface area contributed by atoms with Gasteiger partial charge in [0, 0.05) is 0 Å². The number of aryl methyl sites for hydroxylation is 2. The molecule has 2 aromatic rings. The van der Waals surface area contributed by atoms with Crippen molar-refractivity contribution in [3.63, 3.8) is 0 Å². The lowest BCUT2D eigenvalue weighted by molar-refractivity contribution is 0.0598. The lowest BCUT2D eigenvalue weighted by Gasteiger charge is -2.04. The van der Waals surface area contributed by atoms with E-state index in [9.17, 15) is 9.59 Å². The van der Waals surface area contributed by atoms with Gasteiger partial charge in [-0.1, -0.05) is 11.3 Å². The van der Waals surface area contributed by atoms with Crippen LogP contribution in [0.25, 0.3) is 0 Å². The van der Waals surface area contributed by atoms with Gasteiger partial charge in [0.1, 0.15) is 9.90 Å². The van der Waals surface area contributed by atoms with Crippen molar-refractivity contribution >= 4 is 35.0 Å². The summed E-state index contributed by atoms with van der Waals surface area (Å²) in [6.45, 7) is 3.37. The molecule has 0 unspecified atom stereocenters. The third-order valence-electron chi connectivity index (χ3n) is 2.63. The van der Waals surface area contributed by atoms with E-state index >= 15 is 0 Å². The molecule has 8 heteroatoms. The van der Waals surface area contributed by atoms with Crippen LogP contribution in [0.1, 0.15) is 31.4 Å². The van der Waals surface area contributed by atoms with Crippen LogP contribution in [0.3, 0.4) is 0 Å². The fourth-order valence-corrected chi connectivity index (χ4v) is 3.61. The Morgan fingerprint density at radius 2 is 1.95 bits per heavy atom. The molecule has 2 heterocycles. The molecule has 0 saturated carbocycles. The molecule has 1 N–H and O–H groups in total. The van der Waals surface area contributed by atoms with Gasteiger partial charge < -0.3 is 9.84 Å². The Balaban J connectivity index is 2.24. The molecule has 0 radical (unpaired) electrons. The molecule has 6 nitrogen and oxygen atoms in total. The number of carboxylic acids is 1. The van der Waals surface area contributed by atoms with Crippen LogP contribution in [0.4, 0.5) is 0 Å². The van der Waals surface area contributed by atoms with Crippen molar-refractivity contribution in [3.8, 4) is 0 Å². The van der Waals surface area contributed by atoms with E-state index in [1.165, 1.54) is 18.9 Å². The minimum atomic E-state index is -0.984. The molecule has 0 spiro atoms.